The summed E-state index contributed by atoms with van der Waals surface area (Å²) in [7, 11) is 0. The molecule has 1 aromatic carbocycles. The summed E-state index contributed by atoms with van der Waals surface area (Å²) in [5.74, 6) is -0.411. The molecule has 2 saturated heterocycles. The molecular formula is C18H24Cl2FN3O2. The van der Waals surface area contributed by atoms with Gasteiger partial charge in [-0.25, -0.2) is 4.39 Å². The van der Waals surface area contributed by atoms with E-state index in [1.54, 1.807) is 4.90 Å². The molecule has 2 aliphatic rings. The maximum atomic E-state index is 13.1. The lowest BCUT2D eigenvalue weighted by Gasteiger charge is -2.38. The first kappa shape index (κ1) is 20.9. The van der Waals surface area contributed by atoms with Crippen LogP contribution >= 0.6 is 24.0 Å². The molecule has 0 bridgehead atoms. The van der Waals surface area contributed by atoms with Crippen molar-refractivity contribution in [1.29, 1.82) is 0 Å². The average Bonchev–Trinajstić information content (AvgIpc) is 2.61. The number of nitrogens with zero attached hydrogens (tertiary/aromatic N) is 2. The minimum atomic E-state index is -0.465. The van der Waals surface area contributed by atoms with Crippen molar-refractivity contribution in [3.63, 3.8) is 0 Å². The number of hydrogen-bond donors (Lipinski definition) is 1. The van der Waals surface area contributed by atoms with Crippen LogP contribution in [0, 0.1) is 11.7 Å². The molecule has 1 aromatic rings. The van der Waals surface area contributed by atoms with Crippen LogP contribution < -0.4 is 5.32 Å². The van der Waals surface area contributed by atoms with Crippen molar-refractivity contribution in [1.82, 2.24) is 15.1 Å². The standard InChI is InChI=1S/C18H23ClFN3O2.ClH/c1-12-10-13(4-5-21-12)17(24)22-6-8-23(9-7-22)18(25)15-3-2-14(20)11-16(15)19;/h2-3,11-13,21H,4-10H2,1H3;1H/t12-,13-;/m0./s1. The summed E-state index contributed by atoms with van der Waals surface area (Å²) in [6.45, 7) is 4.97. The third-order valence-electron chi connectivity index (χ3n) is 5.01. The Kier molecular flexibility index (Phi) is 7.26. The van der Waals surface area contributed by atoms with Gasteiger partial charge < -0.3 is 15.1 Å². The van der Waals surface area contributed by atoms with E-state index in [9.17, 15) is 14.0 Å². The highest BCUT2D eigenvalue weighted by molar-refractivity contribution is 6.33. The van der Waals surface area contributed by atoms with E-state index in [-0.39, 0.29) is 35.2 Å². The lowest BCUT2D eigenvalue weighted by molar-refractivity contribution is -0.138. The van der Waals surface area contributed by atoms with E-state index in [2.05, 4.69) is 12.2 Å². The van der Waals surface area contributed by atoms with Gasteiger partial charge in [-0.3, -0.25) is 9.59 Å². The van der Waals surface area contributed by atoms with Gasteiger partial charge in [0.2, 0.25) is 5.91 Å². The normalized spacial score (nSPS) is 23.3. The quantitative estimate of drug-likeness (QED) is 0.825. The van der Waals surface area contributed by atoms with Crippen molar-refractivity contribution in [3.8, 4) is 0 Å². The Labute approximate surface area is 164 Å². The van der Waals surface area contributed by atoms with E-state index in [1.165, 1.54) is 12.1 Å². The summed E-state index contributed by atoms with van der Waals surface area (Å²) < 4.78 is 13.1. The third-order valence-corrected chi connectivity index (χ3v) is 5.33. The highest BCUT2D eigenvalue weighted by atomic mass is 35.5. The Morgan fingerprint density at radius 1 is 1.19 bits per heavy atom. The van der Waals surface area contributed by atoms with Gasteiger partial charge in [0.1, 0.15) is 5.82 Å². The first-order chi connectivity index (χ1) is 12.0. The molecule has 2 aliphatic heterocycles. The summed E-state index contributed by atoms with van der Waals surface area (Å²) in [6, 6.07) is 4.16. The topological polar surface area (TPSA) is 52.7 Å². The molecule has 2 fully saturated rings. The van der Waals surface area contributed by atoms with Crippen molar-refractivity contribution in [2.75, 3.05) is 32.7 Å². The van der Waals surface area contributed by atoms with Crippen molar-refractivity contribution >= 4 is 35.8 Å². The second-order valence-electron chi connectivity index (χ2n) is 6.82. The van der Waals surface area contributed by atoms with E-state index < -0.39 is 5.82 Å². The predicted octanol–water partition coefficient (Wildman–Crippen LogP) is 2.57. The van der Waals surface area contributed by atoms with Gasteiger partial charge in [0.15, 0.2) is 0 Å². The molecule has 0 saturated carbocycles. The summed E-state index contributed by atoms with van der Waals surface area (Å²) in [6.07, 6.45) is 1.73. The Hall–Kier alpha value is -1.37. The fourth-order valence-corrected chi connectivity index (χ4v) is 3.83. The molecule has 3 rings (SSSR count). The number of halogens is 3. The fraction of sp³-hybridized carbons (Fsp3) is 0.556. The van der Waals surface area contributed by atoms with Gasteiger partial charge in [0.05, 0.1) is 10.6 Å². The first-order valence-electron chi connectivity index (χ1n) is 8.72. The van der Waals surface area contributed by atoms with Crippen LogP contribution in [-0.2, 0) is 4.79 Å². The zero-order valence-electron chi connectivity index (χ0n) is 14.7. The minimum Gasteiger partial charge on any atom is -0.339 e. The van der Waals surface area contributed by atoms with Crippen LogP contribution in [0.5, 0.6) is 0 Å². The fourth-order valence-electron chi connectivity index (χ4n) is 3.58. The Balaban J connectivity index is 0.00000243. The van der Waals surface area contributed by atoms with Crippen LogP contribution in [0.4, 0.5) is 4.39 Å². The number of amides is 2. The van der Waals surface area contributed by atoms with Gasteiger partial charge in [-0.15, -0.1) is 12.4 Å². The zero-order chi connectivity index (χ0) is 18.0. The second kappa shape index (κ2) is 9.02. The van der Waals surface area contributed by atoms with Gasteiger partial charge in [0.25, 0.3) is 5.91 Å². The molecule has 0 unspecified atom stereocenters. The molecular weight excluding hydrogens is 380 g/mol. The predicted molar refractivity (Wildman–Crippen MR) is 101 cm³/mol. The molecule has 0 aliphatic carbocycles. The average molecular weight is 404 g/mol. The van der Waals surface area contributed by atoms with Crippen molar-refractivity contribution in [2.45, 2.75) is 25.8 Å². The Morgan fingerprint density at radius 2 is 1.85 bits per heavy atom. The van der Waals surface area contributed by atoms with Crippen LogP contribution in [0.2, 0.25) is 5.02 Å². The summed E-state index contributed by atoms with van der Waals surface area (Å²) in [5.41, 5.74) is 0.301. The zero-order valence-corrected chi connectivity index (χ0v) is 16.3. The Morgan fingerprint density at radius 3 is 2.46 bits per heavy atom. The van der Waals surface area contributed by atoms with Crippen molar-refractivity contribution in [2.24, 2.45) is 5.92 Å². The van der Waals surface area contributed by atoms with Gasteiger partial charge >= 0.3 is 0 Å². The van der Waals surface area contributed by atoms with E-state index in [0.717, 1.165) is 25.5 Å². The van der Waals surface area contributed by atoms with Crippen LogP contribution in [0.3, 0.4) is 0 Å². The van der Waals surface area contributed by atoms with Crippen molar-refractivity contribution < 1.29 is 14.0 Å². The van der Waals surface area contributed by atoms with Gasteiger partial charge in [0, 0.05) is 38.1 Å². The molecule has 0 radical (unpaired) electrons. The lowest BCUT2D eigenvalue weighted by atomic mass is 9.92. The largest absolute Gasteiger partial charge is 0.339 e. The number of piperidine rings is 1. The highest BCUT2D eigenvalue weighted by Gasteiger charge is 2.31. The molecule has 2 amide bonds. The minimum absolute atomic E-state index is 0. The second-order valence-corrected chi connectivity index (χ2v) is 7.23. The summed E-state index contributed by atoms with van der Waals surface area (Å²) in [4.78, 5) is 28.8. The van der Waals surface area contributed by atoms with E-state index in [4.69, 9.17) is 11.6 Å². The van der Waals surface area contributed by atoms with Crippen LogP contribution in [0.25, 0.3) is 0 Å². The number of rotatable bonds is 2. The number of carbonyl (C=O) groups excluding carboxylic acids is 2. The van der Waals surface area contributed by atoms with Crippen molar-refractivity contribution in [3.05, 3.63) is 34.6 Å². The summed E-state index contributed by atoms with van der Waals surface area (Å²) in [5, 5.41) is 3.47. The number of hydrogen-bond acceptors (Lipinski definition) is 3. The molecule has 2 atom stereocenters. The molecule has 8 heteroatoms. The molecule has 0 aromatic heterocycles. The molecule has 26 heavy (non-hydrogen) atoms. The van der Waals surface area contributed by atoms with Crippen LogP contribution in [0.1, 0.15) is 30.1 Å². The molecule has 5 nitrogen and oxygen atoms in total. The highest BCUT2D eigenvalue weighted by Crippen LogP contribution is 2.22. The number of piperazine rings is 1. The lowest BCUT2D eigenvalue weighted by Crippen LogP contribution is -2.53. The SMILES string of the molecule is C[C@H]1C[C@@H](C(=O)N2CCN(C(=O)c3ccc(F)cc3Cl)CC2)CCN1.Cl. The van der Waals surface area contributed by atoms with E-state index in [0.29, 0.717) is 37.8 Å². The maximum absolute atomic E-state index is 13.1. The third kappa shape index (κ3) is 4.67. The monoisotopic (exact) mass is 403 g/mol. The molecule has 144 valence electrons. The van der Waals surface area contributed by atoms with Gasteiger partial charge in [-0.05, 0) is 44.5 Å². The van der Waals surface area contributed by atoms with Gasteiger partial charge in [-0.1, -0.05) is 11.6 Å². The van der Waals surface area contributed by atoms with Gasteiger partial charge in [-0.2, -0.15) is 0 Å². The smallest absolute Gasteiger partial charge is 0.255 e. The molecule has 2 heterocycles. The maximum Gasteiger partial charge on any atom is 0.255 e. The van der Waals surface area contributed by atoms with Crippen LogP contribution in [-0.4, -0.2) is 60.4 Å². The van der Waals surface area contributed by atoms with E-state index in [1.807, 2.05) is 4.90 Å². The summed E-state index contributed by atoms with van der Waals surface area (Å²) >= 11 is 5.98. The molecule has 1 N–H and O–H groups in total. The molecule has 0 spiro atoms. The number of carbonyl (C=O) groups is 2. The first-order valence-corrected chi connectivity index (χ1v) is 9.10. The van der Waals surface area contributed by atoms with E-state index >= 15 is 0 Å². The number of benzene rings is 1. The Bertz CT molecular complexity index is 666. The van der Waals surface area contributed by atoms with Crippen LogP contribution in [0.15, 0.2) is 18.2 Å². The number of nitrogens with one attached hydrogen (secondary N) is 1.